The average molecular weight is 333 g/mol. The van der Waals surface area contributed by atoms with Crippen LogP contribution in [-0.4, -0.2) is 24.7 Å². The molecule has 0 saturated carbocycles. The van der Waals surface area contributed by atoms with Gasteiger partial charge in [-0.2, -0.15) is 0 Å². The Kier molecular flexibility index (Phi) is 5.76. The van der Waals surface area contributed by atoms with Crippen LogP contribution in [0.25, 0.3) is 0 Å². The van der Waals surface area contributed by atoms with Gasteiger partial charge in [-0.25, -0.2) is 9.18 Å². The Balaban J connectivity index is 1.87. The predicted molar refractivity (Wildman–Crippen MR) is 88.3 cm³/mol. The molecule has 0 aliphatic rings. The molecule has 0 atom stereocenters. The summed E-state index contributed by atoms with van der Waals surface area (Å²) < 4.78 is 18.3. The molecule has 2 aromatic carbocycles. The van der Waals surface area contributed by atoms with Crippen molar-refractivity contribution >= 4 is 29.3 Å². The number of esters is 1. The van der Waals surface area contributed by atoms with Crippen molar-refractivity contribution in [3.8, 4) is 0 Å². The maximum absolute atomic E-state index is 13.4. The molecular weight excluding hydrogens is 317 g/mol. The Morgan fingerprint density at radius 2 is 1.87 bits per heavy atom. The number of amides is 1. The number of hydrogen-bond donors (Lipinski definition) is 1. The van der Waals surface area contributed by atoms with Crippen molar-refractivity contribution in [2.45, 2.75) is 11.8 Å². The number of carbonyl (C=O) groups excluding carboxylic acids is 2. The zero-order chi connectivity index (χ0) is 16.8. The van der Waals surface area contributed by atoms with Crippen LogP contribution in [-0.2, 0) is 9.53 Å². The molecule has 120 valence electrons. The summed E-state index contributed by atoms with van der Waals surface area (Å²) in [5.74, 6) is -1.51. The van der Waals surface area contributed by atoms with Crippen molar-refractivity contribution in [1.29, 1.82) is 0 Å². The first-order chi connectivity index (χ1) is 11.0. The highest BCUT2D eigenvalue weighted by molar-refractivity contribution is 7.98. The third-order valence-corrected chi connectivity index (χ3v) is 3.86. The lowest BCUT2D eigenvalue weighted by Crippen LogP contribution is -2.21. The maximum atomic E-state index is 13.4. The summed E-state index contributed by atoms with van der Waals surface area (Å²) in [6, 6.07) is 11.2. The SMILES string of the molecule is CSc1ccc(C(=O)OCC(=O)Nc2ccc(C)c(F)c2)cc1. The summed E-state index contributed by atoms with van der Waals surface area (Å²) in [5, 5.41) is 2.48. The summed E-state index contributed by atoms with van der Waals surface area (Å²) in [6.07, 6.45) is 1.94. The minimum atomic E-state index is -0.581. The molecule has 0 fully saturated rings. The van der Waals surface area contributed by atoms with E-state index in [2.05, 4.69) is 5.32 Å². The van der Waals surface area contributed by atoms with Crippen molar-refractivity contribution in [2.75, 3.05) is 18.2 Å². The molecule has 0 bridgehead atoms. The average Bonchev–Trinajstić information content (AvgIpc) is 2.56. The molecule has 0 unspecified atom stereocenters. The normalized spacial score (nSPS) is 10.2. The lowest BCUT2D eigenvalue weighted by Gasteiger charge is -2.07. The Bertz CT molecular complexity index is 716. The highest BCUT2D eigenvalue weighted by atomic mass is 32.2. The molecule has 0 spiro atoms. The van der Waals surface area contributed by atoms with Crippen molar-refractivity contribution in [2.24, 2.45) is 0 Å². The highest BCUT2D eigenvalue weighted by Crippen LogP contribution is 2.16. The van der Waals surface area contributed by atoms with Gasteiger partial charge in [0.2, 0.25) is 0 Å². The van der Waals surface area contributed by atoms with E-state index in [0.29, 0.717) is 16.8 Å². The fourth-order valence-corrected chi connectivity index (χ4v) is 2.22. The molecule has 0 saturated heterocycles. The fraction of sp³-hybridized carbons (Fsp3) is 0.176. The van der Waals surface area contributed by atoms with E-state index in [1.54, 1.807) is 55.1 Å². The summed E-state index contributed by atoms with van der Waals surface area (Å²) in [4.78, 5) is 24.6. The van der Waals surface area contributed by atoms with Gasteiger partial charge in [-0.3, -0.25) is 4.79 Å². The van der Waals surface area contributed by atoms with Gasteiger partial charge in [-0.15, -0.1) is 11.8 Å². The minimum Gasteiger partial charge on any atom is -0.452 e. The van der Waals surface area contributed by atoms with Crippen LogP contribution < -0.4 is 5.32 Å². The molecule has 6 heteroatoms. The molecule has 2 rings (SSSR count). The van der Waals surface area contributed by atoms with Crippen molar-refractivity contribution < 1.29 is 18.7 Å². The van der Waals surface area contributed by atoms with Crippen molar-refractivity contribution in [3.05, 3.63) is 59.4 Å². The van der Waals surface area contributed by atoms with E-state index in [9.17, 15) is 14.0 Å². The van der Waals surface area contributed by atoms with Gasteiger partial charge in [0.15, 0.2) is 6.61 Å². The van der Waals surface area contributed by atoms with Crippen LogP contribution in [0.1, 0.15) is 15.9 Å². The molecular formula is C17H16FNO3S. The number of aryl methyl sites for hydroxylation is 1. The van der Waals surface area contributed by atoms with Crippen LogP contribution in [0.5, 0.6) is 0 Å². The standard InChI is InChI=1S/C17H16FNO3S/c1-11-3-6-13(9-15(11)18)19-16(20)10-22-17(21)12-4-7-14(23-2)8-5-12/h3-9H,10H2,1-2H3,(H,19,20). The molecule has 23 heavy (non-hydrogen) atoms. The number of benzene rings is 2. The quantitative estimate of drug-likeness (QED) is 0.670. The summed E-state index contributed by atoms with van der Waals surface area (Å²) >= 11 is 1.56. The van der Waals surface area contributed by atoms with Gasteiger partial charge in [-0.1, -0.05) is 6.07 Å². The number of hydrogen-bond acceptors (Lipinski definition) is 4. The molecule has 1 N–H and O–H groups in total. The van der Waals surface area contributed by atoms with Crippen LogP contribution in [0.3, 0.4) is 0 Å². The smallest absolute Gasteiger partial charge is 0.338 e. The Morgan fingerprint density at radius 3 is 2.48 bits per heavy atom. The highest BCUT2D eigenvalue weighted by Gasteiger charge is 2.11. The van der Waals surface area contributed by atoms with Gasteiger partial charge in [0.1, 0.15) is 5.82 Å². The van der Waals surface area contributed by atoms with E-state index in [4.69, 9.17) is 4.74 Å². The van der Waals surface area contributed by atoms with Gasteiger partial charge in [0, 0.05) is 10.6 Å². The van der Waals surface area contributed by atoms with Gasteiger partial charge in [-0.05, 0) is 55.1 Å². The molecule has 1 amide bonds. The third kappa shape index (κ3) is 4.82. The monoisotopic (exact) mass is 333 g/mol. The minimum absolute atomic E-state index is 0.318. The van der Waals surface area contributed by atoms with E-state index in [-0.39, 0.29) is 0 Å². The number of anilines is 1. The Labute approximate surface area is 138 Å². The first-order valence-electron chi connectivity index (χ1n) is 6.87. The second-order valence-electron chi connectivity index (χ2n) is 4.82. The number of ether oxygens (including phenoxy) is 1. The van der Waals surface area contributed by atoms with Gasteiger partial charge in [0.25, 0.3) is 5.91 Å². The number of nitrogens with one attached hydrogen (secondary N) is 1. The summed E-state index contributed by atoms with van der Waals surface area (Å²) in [5.41, 5.74) is 1.18. The van der Waals surface area contributed by atoms with Crippen LogP contribution in [0.4, 0.5) is 10.1 Å². The largest absolute Gasteiger partial charge is 0.452 e. The molecule has 0 aliphatic heterocycles. The van der Waals surface area contributed by atoms with Gasteiger partial charge in [0.05, 0.1) is 5.56 Å². The van der Waals surface area contributed by atoms with Crippen LogP contribution >= 0.6 is 11.8 Å². The first-order valence-corrected chi connectivity index (χ1v) is 8.09. The Morgan fingerprint density at radius 1 is 1.17 bits per heavy atom. The van der Waals surface area contributed by atoms with Crippen LogP contribution in [0, 0.1) is 12.7 Å². The number of thioether (sulfide) groups is 1. The van der Waals surface area contributed by atoms with E-state index in [0.717, 1.165) is 4.90 Å². The molecule has 2 aromatic rings. The number of carbonyl (C=O) groups is 2. The predicted octanol–water partition coefficient (Wildman–Crippen LogP) is 3.65. The fourth-order valence-electron chi connectivity index (χ4n) is 1.81. The first kappa shape index (κ1) is 17.0. The van der Waals surface area contributed by atoms with E-state index >= 15 is 0 Å². The topological polar surface area (TPSA) is 55.4 Å². The third-order valence-electron chi connectivity index (χ3n) is 3.12. The van der Waals surface area contributed by atoms with E-state index in [1.165, 1.54) is 6.07 Å². The number of halogens is 1. The van der Waals surface area contributed by atoms with Gasteiger partial charge < -0.3 is 10.1 Å². The summed E-state index contributed by atoms with van der Waals surface area (Å²) in [7, 11) is 0. The molecule has 0 heterocycles. The van der Waals surface area contributed by atoms with E-state index in [1.807, 2.05) is 6.26 Å². The maximum Gasteiger partial charge on any atom is 0.338 e. The number of rotatable bonds is 5. The molecule has 0 aliphatic carbocycles. The van der Waals surface area contributed by atoms with Crippen molar-refractivity contribution in [3.63, 3.8) is 0 Å². The summed E-state index contributed by atoms with van der Waals surface area (Å²) in [6.45, 7) is 1.20. The van der Waals surface area contributed by atoms with E-state index < -0.39 is 24.3 Å². The van der Waals surface area contributed by atoms with Gasteiger partial charge >= 0.3 is 5.97 Å². The van der Waals surface area contributed by atoms with Crippen LogP contribution in [0.15, 0.2) is 47.4 Å². The van der Waals surface area contributed by atoms with Crippen LogP contribution in [0.2, 0.25) is 0 Å². The lowest BCUT2D eigenvalue weighted by atomic mass is 10.2. The molecule has 0 radical (unpaired) electrons. The second-order valence-corrected chi connectivity index (χ2v) is 5.70. The lowest BCUT2D eigenvalue weighted by molar-refractivity contribution is -0.119. The molecule has 4 nitrogen and oxygen atoms in total. The Hall–Kier alpha value is -2.34. The molecule has 0 aromatic heterocycles. The zero-order valence-electron chi connectivity index (χ0n) is 12.8. The second kappa shape index (κ2) is 7.78. The van der Waals surface area contributed by atoms with Crippen molar-refractivity contribution in [1.82, 2.24) is 0 Å². The zero-order valence-corrected chi connectivity index (χ0v) is 13.6.